The number of hydrogen-bond donors (Lipinski definition) is 2. The molecule has 0 atom stereocenters. The van der Waals surface area contributed by atoms with E-state index in [9.17, 15) is 13.2 Å². The van der Waals surface area contributed by atoms with Crippen LogP contribution in [0.5, 0.6) is 0 Å². The second-order valence-electron chi connectivity index (χ2n) is 5.92. The number of terminal acetylenes is 1. The fraction of sp³-hybridized carbons (Fsp3) is 0.0455. The summed E-state index contributed by atoms with van der Waals surface area (Å²) in [7, 11) is -3.77. The highest BCUT2D eigenvalue weighted by atomic mass is 32.2. The summed E-state index contributed by atoms with van der Waals surface area (Å²) in [4.78, 5) is 12.7. The maximum absolute atomic E-state index is 12.7. The van der Waals surface area contributed by atoms with Crippen LogP contribution in [0.3, 0.4) is 0 Å². The summed E-state index contributed by atoms with van der Waals surface area (Å²) in [5, 5.41) is 2.86. The monoisotopic (exact) mass is 390 g/mol. The van der Waals surface area contributed by atoms with E-state index in [0.29, 0.717) is 5.69 Å². The van der Waals surface area contributed by atoms with Crippen molar-refractivity contribution in [2.45, 2.75) is 4.90 Å². The van der Waals surface area contributed by atoms with E-state index in [1.54, 1.807) is 12.1 Å². The molecule has 3 rings (SSSR count). The summed E-state index contributed by atoms with van der Waals surface area (Å²) in [5.41, 5.74) is 2.70. The number of hydrogen-bond acceptors (Lipinski definition) is 3. The van der Waals surface area contributed by atoms with Gasteiger partial charge < -0.3 is 5.32 Å². The lowest BCUT2D eigenvalue weighted by molar-refractivity contribution is 0.102. The van der Waals surface area contributed by atoms with Crippen LogP contribution in [0.2, 0.25) is 0 Å². The highest BCUT2D eigenvalue weighted by Crippen LogP contribution is 2.28. The summed E-state index contributed by atoms with van der Waals surface area (Å²) in [6, 6.07) is 22.9. The number of para-hydroxylation sites is 1. The average molecular weight is 390 g/mol. The lowest BCUT2D eigenvalue weighted by Gasteiger charge is -2.12. The summed E-state index contributed by atoms with van der Waals surface area (Å²) in [6.07, 6.45) is 5.10. The van der Waals surface area contributed by atoms with Gasteiger partial charge in [0, 0.05) is 16.8 Å². The Labute approximate surface area is 164 Å². The standard InChI is InChI=1S/C22H18N2O3S/c1-2-15-23-28(26,27)19-12-8-11-18(16-19)22(25)24-21-14-7-6-13-20(21)17-9-4-3-5-10-17/h1,3-14,16,23H,15H2,(H,24,25). The summed E-state index contributed by atoms with van der Waals surface area (Å²) < 4.78 is 26.7. The van der Waals surface area contributed by atoms with Crippen molar-refractivity contribution < 1.29 is 13.2 Å². The molecule has 2 N–H and O–H groups in total. The number of carbonyl (C=O) groups is 1. The molecule has 0 aromatic heterocycles. The SMILES string of the molecule is C#CCNS(=O)(=O)c1cccc(C(=O)Nc2ccccc2-c2ccccc2)c1. The molecule has 6 heteroatoms. The number of sulfonamides is 1. The quantitative estimate of drug-likeness (QED) is 0.633. The van der Waals surface area contributed by atoms with Crippen LogP contribution in [0.1, 0.15) is 10.4 Å². The molecule has 0 spiro atoms. The molecule has 0 saturated carbocycles. The van der Waals surface area contributed by atoms with Crippen LogP contribution in [0.4, 0.5) is 5.69 Å². The Bertz CT molecular complexity index is 1130. The van der Waals surface area contributed by atoms with Crippen LogP contribution in [-0.2, 0) is 10.0 Å². The molecule has 0 aliphatic heterocycles. The van der Waals surface area contributed by atoms with Gasteiger partial charge in [-0.2, -0.15) is 4.72 Å². The fourth-order valence-corrected chi connectivity index (χ4v) is 3.66. The molecule has 140 valence electrons. The smallest absolute Gasteiger partial charge is 0.255 e. The third-order valence-electron chi connectivity index (χ3n) is 4.03. The predicted octanol–water partition coefficient (Wildman–Crippen LogP) is 3.52. The van der Waals surface area contributed by atoms with Crippen LogP contribution in [0.15, 0.2) is 83.8 Å². The van der Waals surface area contributed by atoms with Crippen molar-refractivity contribution in [2.24, 2.45) is 0 Å². The van der Waals surface area contributed by atoms with Crippen molar-refractivity contribution in [3.8, 4) is 23.5 Å². The normalized spacial score (nSPS) is 10.8. The molecule has 0 fully saturated rings. The summed E-state index contributed by atoms with van der Waals surface area (Å²) in [6.45, 7) is -0.122. The van der Waals surface area contributed by atoms with Gasteiger partial charge in [-0.1, -0.05) is 60.5 Å². The van der Waals surface area contributed by atoms with E-state index in [2.05, 4.69) is 16.0 Å². The van der Waals surface area contributed by atoms with Crippen LogP contribution >= 0.6 is 0 Å². The van der Waals surface area contributed by atoms with E-state index in [1.807, 2.05) is 48.5 Å². The molecule has 0 aliphatic carbocycles. The van der Waals surface area contributed by atoms with Crippen molar-refractivity contribution in [2.75, 3.05) is 11.9 Å². The van der Waals surface area contributed by atoms with Crippen molar-refractivity contribution in [1.82, 2.24) is 4.72 Å². The highest BCUT2D eigenvalue weighted by molar-refractivity contribution is 7.89. The Morgan fingerprint density at radius 3 is 2.39 bits per heavy atom. The minimum absolute atomic E-state index is 0.0215. The van der Waals surface area contributed by atoms with Gasteiger partial charge in [-0.25, -0.2) is 8.42 Å². The molecule has 28 heavy (non-hydrogen) atoms. The fourth-order valence-electron chi connectivity index (χ4n) is 2.68. The number of carbonyl (C=O) groups excluding carboxylic acids is 1. The van der Waals surface area contributed by atoms with Gasteiger partial charge >= 0.3 is 0 Å². The van der Waals surface area contributed by atoms with Crippen LogP contribution in [-0.4, -0.2) is 20.9 Å². The Morgan fingerprint density at radius 2 is 1.64 bits per heavy atom. The predicted molar refractivity (Wildman–Crippen MR) is 110 cm³/mol. The molecule has 3 aromatic carbocycles. The first-order valence-corrected chi connectivity index (χ1v) is 9.98. The first kappa shape index (κ1) is 19.4. The van der Waals surface area contributed by atoms with Gasteiger partial charge in [0.2, 0.25) is 10.0 Å². The molecule has 3 aromatic rings. The summed E-state index contributed by atoms with van der Waals surface area (Å²) in [5.74, 6) is 1.81. The van der Waals surface area contributed by atoms with Gasteiger partial charge in [-0.15, -0.1) is 6.42 Å². The lowest BCUT2D eigenvalue weighted by atomic mass is 10.0. The maximum atomic E-state index is 12.7. The largest absolute Gasteiger partial charge is 0.321 e. The Hall–Kier alpha value is -3.40. The number of nitrogens with one attached hydrogen (secondary N) is 2. The molecule has 0 heterocycles. The van der Waals surface area contributed by atoms with Crippen LogP contribution < -0.4 is 10.0 Å². The molecular formula is C22H18N2O3S. The molecule has 1 amide bonds. The average Bonchev–Trinajstić information content (AvgIpc) is 2.73. The van der Waals surface area contributed by atoms with Gasteiger partial charge in [0.1, 0.15) is 0 Å². The Kier molecular flexibility index (Phi) is 5.90. The second-order valence-corrected chi connectivity index (χ2v) is 7.69. The van der Waals surface area contributed by atoms with E-state index >= 15 is 0 Å². The van der Waals surface area contributed by atoms with Crippen LogP contribution in [0.25, 0.3) is 11.1 Å². The van der Waals surface area contributed by atoms with Gasteiger partial charge in [0.05, 0.1) is 11.4 Å². The second kappa shape index (κ2) is 8.53. The van der Waals surface area contributed by atoms with Gasteiger partial charge in [-0.3, -0.25) is 4.79 Å². The van der Waals surface area contributed by atoms with E-state index in [0.717, 1.165) is 11.1 Å². The van der Waals surface area contributed by atoms with Crippen molar-refractivity contribution in [3.05, 3.63) is 84.4 Å². The first-order valence-electron chi connectivity index (χ1n) is 8.50. The zero-order valence-electron chi connectivity index (χ0n) is 14.9. The van der Waals surface area contributed by atoms with Gasteiger partial charge in [-0.05, 0) is 29.8 Å². The zero-order valence-corrected chi connectivity index (χ0v) is 15.7. The van der Waals surface area contributed by atoms with Crippen molar-refractivity contribution in [1.29, 1.82) is 0 Å². The lowest BCUT2D eigenvalue weighted by Crippen LogP contribution is -2.24. The van der Waals surface area contributed by atoms with Gasteiger partial charge in [0.25, 0.3) is 5.91 Å². The molecule has 0 bridgehead atoms. The van der Waals surface area contributed by atoms with Crippen molar-refractivity contribution >= 4 is 21.6 Å². The minimum Gasteiger partial charge on any atom is -0.321 e. The van der Waals surface area contributed by atoms with E-state index in [1.165, 1.54) is 18.2 Å². The highest BCUT2D eigenvalue weighted by Gasteiger charge is 2.16. The molecular weight excluding hydrogens is 372 g/mol. The van der Waals surface area contributed by atoms with Crippen molar-refractivity contribution in [3.63, 3.8) is 0 Å². The maximum Gasteiger partial charge on any atom is 0.255 e. The van der Waals surface area contributed by atoms with E-state index in [-0.39, 0.29) is 17.0 Å². The molecule has 0 aliphatic rings. The number of amides is 1. The number of benzene rings is 3. The third kappa shape index (κ3) is 4.46. The minimum atomic E-state index is -3.77. The Balaban J connectivity index is 1.88. The van der Waals surface area contributed by atoms with Crippen LogP contribution in [0, 0.1) is 12.3 Å². The first-order chi connectivity index (χ1) is 13.5. The molecule has 0 radical (unpaired) electrons. The van der Waals surface area contributed by atoms with E-state index in [4.69, 9.17) is 6.42 Å². The molecule has 0 unspecified atom stereocenters. The molecule has 0 saturated heterocycles. The summed E-state index contributed by atoms with van der Waals surface area (Å²) >= 11 is 0. The number of rotatable bonds is 6. The van der Waals surface area contributed by atoms with Gasteiger partial charge in [0.15, 0.2) is 0 Å². The topological polar surface area (TPSA) is 75.3 Å². The number of anilines is 1. The zero-order chi connectivity index (χ0) is 20.0. The Morgan fingerprint density at radius 1 is 0.929 bits per heavy atom. The molecule has 5 nitrogen and oxygen atoms in total. The van der Waals surface area contributed by atoms with E-state index < -0.39 is 15.9 Å². The third-order valence-corrected chi connectivity index (χ3v) is 5.43.